The molecule has 0 spiro atoms. The van der Waals surface area contributed by atoms with Gasteiger partial charge in [0.15, 0.2) is 5.82 Å². The predicted molar refractivity (Wildman–Crippen MR) is 262 cm³/mol. The van der Waals surface area contributed by atoms with Crippen molar-refractivity contribution in [2.75, 3.05) is 0 Å². The van der Waals surface area contributed by atoms with Gasteiger partial charge in [-0.1, -0.05) is 152 Å². The average molecular weight is 820 g/mol. The number of aromatic nitrogens is 3. The average Bonchev–Trinajstić information content (AvgIpc) is 3.86. The molecule has 2 bridgehead atoms. The SMILES string of the molecule is C1=Cc2c(n(-c3ccccc3)c3cccc(-c4nc(-c5ccccc5)c5c(n4)-c4c(ccc6c4oc4ccccc46)C4CCc6cc7ccccc7cc6-c6ccc(cc64)C5)c23)CC1. The van der Waals surface area contributed by atoms with E-state index >= 15 is 0 Å². The lowest BCUT2D eigenvalue weighted by atomic mass is 9.82. The summed E-state index contributed by atoms with van der Waals surface area (Å²) < 4.78 is 9.56. The Balaban J connectivity index is 1.10. The third-order valence-corrected chi connectivity index (χ3v) is 14.3. The normalized spacial score (nSPS) is 15.0. The van der Waals surface area contributed by atoms with Crippen LogP contribution in [-0.4, -0.2) is 14.5 Å². The lowest BCUT2D eigenvalue weighted by Gasteiger charge is -2.22. The van der Waals surface area contributed by atoms with E-state index in [2.05, 4.69) is 187 Å². The van der Waals surface area contributed by atoms with Gasteiger partial charge in [0.1, 0.15) is 11.2 Å². The quantitative estimate of drug-likeness (QED) is 0.178. The molecule has 1 atom stereocenters. The fourth-order valence-corrected chi connectivity index (χ4v) is 11.5. The predicted octanol–water partition coefficient (Wildman–Crippen LogP) is 15.1. The Kier molecular flexibility index (Phi) is 7.73. The van der Waals surface area contributed by atoms with Crippen LogP contribution in [0, 0.1) is 0 Å². The van der Waals surface area contributed by atoms with E-state index in [-0.39, 0.29) is 5.92 Å². The van der Waals surface area contributed by atoms with Gasteiger partial charge in [-0.2, -0.15) is 0 Å². The van der Waals surface area contributed by atoms with Gasteiger partial charge in [0.25, 0.3) is 0 Å². The number of hydrogen-bond donors (Lipinski definition) is 0. The van der Waals surface area contributed by atoms with E-state index in [4.69, 9.17) is 14.4 Å². The summed E-state index contributed by atoms with van der Waals surface area (Å²) in [4.78, 5) is 11.6. The van der Waals surface area contributed by atoms with Gasteiger partial charge in [0.05, 0.1) is 16.9 Å². The van der Waals surface area contributed by atoms with E-state index in [0.717, 1.165) is 87.1 Å². The Morgan fingerprint density at radius 2 is 1.39 bits per heavy atom. The van der Waals surface area contributed by atoms with Crippen LogP contribution >= 0.6 is 0 Å². The molecular formula is C60H41N3O. The van der Waals surface area contributed by atoms with Crippen molar-refractivity contribution in [2.24, 2.45) is 0 Å². The minimum atomic E-state index is 0.100. The Morgan fingerprint density at radius 1 is 0.594 bits per heavy atom. The van der Waals surface area contributed by atoms with Crippen LogP contribution in [0.3, 0.4) is 0 Å². The third kappa shape index (κ3) is 5.29. The zero-order chi connectivity index (χ0) is 41.9. The first-order valence-electron chi connectivity index (χ1n) is 22.7. The van der Waals surface area contributed by atoms with Crippen LogP contribution in [0.2, 0.25) is 0 Å². The molecule has 3 aromatic heterocycles. The first-order valence-corrected chi connectivity index (χ1v) is 22.7. The largest absolute Gasteiger partial charge is 0.455 e. The van der Waals surface area contributed by atoms with Crippen molar-refractivity contribution >= 4 is 49.7 Å². The number of fused-ring (bicyclic) bond motifs is 15. The van der Waals surface area contributed by atoms with Crippen LogP contribution in [-0.2, 0) is 19.3 Å². The maximum Gasteiger partial charge on any atom is 0.161 e. The summed E-state index contributed by atoms with van der Waals surface area (Å²) in [6, 6.07) is 62.3. The van der Waals surface area contributed by atoms with E-state index in [1.165, 1.54) is 72.0 Å². The fraction of sp³-hybridized carbons (Fsp3) is 0.100. The van der Waals surface area contributed by atoms with Gasteiger partial charge in [0.2, 0.25) is 0 Å². The monoisotopic (exact) mass is 819 g/mol. The van der Waals surface area contributed by atoms with Crippen molar-refractivity contribution in [1.29, 1.82) is 0 Å². The fourth-order valence-electron chi connectivity index (χ4n) is 11.5. The summed E-state index contributed by atoms with van der Waals surface area (Å²) in [5, 5.41) is 5.98. The molecule has 302 valence electrons. The molecule has 0 saturated heterocycles. The standard InChI is InChI=1S/C60H41N3O/c1-3-14-37(15-4-1)57-51-33-36-26-28-43-49-35-39-17-8-7-16-38(39)34-40(49)27-29-42(50(43)32-36)45-30-31-46-44-20-10-12-25-54(44)64-59(46)56(45)58(51)62-60(61-57)48-22-13-24-53-55(48)47-21-9-11-23-52(47)63(53)41-18-5-2-6-19-41/h1-10,12-22,24-26,28,30-32,34-35,42H,11,23,27,29,33H2. The number of furan rings is 1. The summed E-state index contributed by atoms with van der Waals surface area (Å²) in [6.45, 7) is 0. The molecule has 0 radical (unpaired) electrons. The third-order valence-electron chi connectivity index (χ3n) is 14.3. The molecular weight excluding hydrogens is 779 g/mol. The Morgan fingerprint density at radius 3 is 2.28 bits per heavy atom. The molecule has 0 saturated carbocycles. The Bertz CT molecular complexity index is 3760. The molecule has 0 aliphatic heterocycles. The number of hydrogen-bond acceptors (Lipinski definition) is 3. The van der Waals surface area contributed by atoms with Crippen LogP contribution in [0.1, 0.15) is 57.8 Å². The minimum absolute atomic E-state index is 0.100. The molecule has 64 heavy (non-hydrogen) atoms. The van der Waals surface area contributed by atoms with Gasteiger partial charge in [-0.15, -0.1) is 0 Å². The van der Waals surface area contributed by atoms with Crippen LogP contribution in [0.5, 0.6) is 0 Å². The summed E-state index contributed by atoms with van der Waals surface area (Å²) in [6.07, 6.45) is 9.21. The molecule has 8 aromatic carbocycles. The summed E-state index contributed by atoms with van der Waals surface area (Å²) >= 11 is 0. The Labute approximate surface area is 370 Å². The lowest BCUT2D eigenvalue weighted by molar-refractivity contribution is 0.666. The van der Waals surface area contributed by atoms with Gasteiger partial charge < -0.3 is 8.98 Å². The second kappa shape index (κ2) is 13.8. The molecule has 3 aliphatic rings. The highest BCUT2D eigenvalue weighted by atomic mass is 16.3. The highest BCUT2D eigenvalue weighted by Crippen LogP contribution is 2.51. The van der Waals surface area contributed by atoms with Gasteiger partial charge in [-0.25, -0.2) is 9.97 Å². The molecule has 0 N–H and O–H groups in total. The molecule has 14 rings (SSSR count). The summed E-state index contributed by atoms with van der Waals surface area (Å²) in [5.41, 5.74) is 20.8. The van der Waals surface area contributed by atoms with Crippen molar-refractivity contribution in [3.8, 4) is 50.7 Å². The zero-order valence-electron chi connectivity index (χ0n) is 35.2. The van der Waals surface area contributed by atoms with E-state index in [0.29, 0.717) is 6.42 Å². The molecule has 3 heterocycles. The van der Waals surface area contributed by atoms with Gasteiger partial charge in [-0.3, -0.25) is 0 Å². The van der Waals surface area contributed by atoms with E-state index in [9.17, 15) is 0 Å². The number of benzene rings is 8. The first-order chi connectivity index (χ1) is 31.7. The van der Waals surface area contributed by atoms with E-state index < -0.39 is 0 Å². The van der Waals surface area contributed by atoms with Crippen molar-refractivity contribution in [1.82, 2.24) is 14.5 Å². The molecule has 0 amide bonds. The highest BCUT2D eigenvalue weighted by Gasteiger charge is 2.33. The zero-order valence-corrected chi connectivity index (χ0v) is 35.2. The van der Waals surface area contributed by atoms with Crippen LogP contribution in [0.4, 0.5) is 0 Å². The number of aryl methyl sites for hydroxylation is 1. The topological polar surface area (TPSA) is 43.9 Å². The molecule has 3 aliphatic carbocycles. The van der Waals surface area contributed by atoms with Crippen molar-refractivity contribution in [3.63, 3.8) is 0 Å². The summed E-state index contributed by atoms with van der Waals surface area (Å²) in [7, 11) is 0. The molecule has 11 aromatic rings. The van der Waals surface area contributed by atoms with Crippen molar-refractivity contribution in [3.05, 3.63) is 215 Å². The van der Waals surface area contributed by atoms with E-state index in [1.807, 2.05) is 0 Å². The maximum atomic E-state index is 7.11. The van der Waals surface area contributed by atoms with Gasteiger partial charge in [0, 0.05) is 67.7 Å². The minimum Gasteiger partial charge on any atom is -0.455 e. The van der Waals surface area contributed by atoms with Crippen molar-refractivity contribution in [2.45, 2.75) is 38.0 Å². The molecule has 4 heteroatoms. The highest BCUT2D eigenvalue weighted by molar-refractivity contribution is 6.11. The second-order valence-corrected chi connectivity index (χ2v) is 17.8. The number of allylic oxidation sites excluding steroid dienone is 1. The van der Waals surface area contributed by atoms with Crippen LogP contribution < -0.4 is 0 Å². The van der Waals surface area contributed by atoms with E-state index in [1.54, 1.807) is 0 Å². The molecule has 1 unspecified atom stereocenters. The second-order valence-electron chi connectivity index (χ2n) is 17.8. The van der Waals surface area contributed by atoms with Crippen molar-refractivity contribution < 1.29 is 4.42 Å². The molecule has 0 fully saturated rings. The lowest BCUT2D eigenvalue weighted by Crippen LogP contribution is -2.07. The molecule has 4 nitrogen and oxygen atoms in total. The first kappa shape index (κ1) is 35.7. The maximum absolute atomic E-state index is 7.11. The van der Waals surface area contributed by atoms with Gasteiger partial charge in [-0.05, 0) is 100 Å². The number of nitrogens with zero attached hydrogens (tertiary/aromatic N) is 3. The van der Waals surface area contributed by atoms with Crippen LogP contribution in [0.15, 0.2) is 180 Å². The van der Waals surface area contributed by atoms with Crippen LogP contribution in [0.25, 0.3) is 100 Å². The number of rotatable bonds is 3. The summed E-state index contributed by atoms with van der Waals surface area (Å²) in [5.74, 6) is 0.823. The number of para-hydroxylation sites is 2. The Hall–Kier alpha value is -7.82. The van der Waals surface area contributed by atoms with Gasteiger partial charge >= 0.3 is 0 Å². The smallest absolute Gasteiger partial charge is 0.161 e.